The number of thiazole rings is 1. The molecule has 1 N–H and O–H groups in total. The van der Waals surface area contributed by atoms with Crippen LogP contribution in [0.2, 0.25) is 5.02 Å². The monoisotopic (exact) mass is 452 g/mol. The van der Waals surface area contributed by atoms with Gasteiger partial charge in [-0.25, -0.2) is 9.78 Å². The Morgan fingerprint density at radius 1 is 1.16 bits per heavy atom. The average molecular weight is 453 g/mol. The molecule has 2 amide bonds. The number of urea groups is 1. The predicted octanol–water partition coefficient (Wildman–Crippen LogP) is 5.90. The maximum atomic E-state index is 13.2. The minimum absolute atomic E-state index is 0.249. The molecule has 158 valence electrons. The quantitative estimate of drug-likeness (QED) is 0.395. The van der Waals surface area contributed by atoms with Gasteiger partial charge < -0.3 is 9.64 Å². The molecule has 2 aromatic heterocycles. The summed E-state index contributed by atoms with van der Waals surface area (Å²) in [7, 11) is 1.58. The number of hydrogen-bond acceptors (Lipinski definition) is 5. The fourth-order valence-electron chi connectivity index (χ4n) is 3.25. The Kier molecular flexibility index (Phi) is 6.34. The molecule has 4 aromatic rings. The van der Waals surface area contributed by atoms with E-state index in [2.05, 4.69) is 15.3 Å². The van der Waals surface area contributed by atoms with Crippen molar-refractivity contribution in [3.8, 4) is 5.75 Å². The summed E-state index contributed by atoms with van der Waals surface area (Å²) in [6.07, 6.45) is 3.48. The Labute approximate surface area is 189 Å². The fourth-order valence-corrected chi connectivity index (χ4v) is 4.39. The molecule has 0 saturated heterocycles. The highest BCUT2D eigenvalue weighted by Crippen LogP contribution is 2.37. The van der Waals surface area contributed by atoms with E-state index in [0.29, 0.717) is 34.5 Å². The molecule has 0 atom stereocenters. The van der Waals surface area contributed by atoms with Gasteiger partial charge in [-0.05, 0) is 41.8 Å². The lowest BCUT2D eigenvalue weighted by molar-refractivity contribution is 0.206. The Morgan fingerprint density at radius 2 is 2.00 bits per heavy atom. The number of hydrogen-bond donors (Lipinski definition) is 1. The molecule has 0 radical (unpaired) electrons. The zero-order valence-corrected chi connectivity index (χ0v) is 18.7. The number of pyridine rings is 1. The first-order chi connectivity index (χ1) is 15.0. The summed E-state index contributed by atoms with van der Waals surface area (Å²) < 4.78 is 6.15. The number of rotatable bonds is 6. The van der Waals surface area contributed by atoms with E-state index in [9.17, 15) is 4.79 Å². The fraction of sp³-hybridized carbons (Fsp3) is 0.174. The number of carbonyl (C=O) groups excluding carboxylic acids is 1. The maximum Gasteiger partial charge on any atom is 0.324 e. The molecule has 31 heavy (non-hydrogen) atoms. The van der Waals surface area contributed by atoms with Crippen molar-refractivity contribution < 1.29 is 9.53 Å². The Morgan fingerprint density at radius 3 is 2.74 bits per heavy atom. The highest BCUT2D eigenvalue weighted by Gasteiger charge is 2.19. The van der Waals surface area contributed by atoms with Gasteiger partial charge in [0.05, 0.1) is 16.8 Å². The third kappa shape index (κ3) is 4.78. The summed E-state index contributed by atoms with van der Waals surface area (Å²) >= 11 is 7.64. The highest BCUT2D eigenvalue weighted by atomic mass is 35.5. The van der Waals surface area contributed by atoms with E-state index in [4.69, 9.17) is 16.3 Å². The van der Waals surface area contributed by atoms with Gasteiger partial charge in [0.15, 0.2) is 5.13 Å². The number of carbonyl (C=O) groups is 1. The van der Waals surface area contributed by atoms with Gasteiger partial charge in [0.2, 0.25) is 0 Å². The van der Waals surface area contributed by atoms with E-state index >= 15 is 0 Å². The lowest BCUT2D eigenvalue weighted by Gasteiger charge is -2.23. The van der Waals surface area contributed by atoms with Crippen LogP contribution in [0.15, 0.2) is 60.9 Å². The number of nitrogens with zero attached hydrogens (tertiary/aromatic N) is 3. The topological polar surface area (TPSA) is 67.3 Å². The summed E-state index contributed by atoms with van der Waals surface area (Å²) in [6, 6.07) is 15.1. The van der Waals surface area contributed by atoms with Crippen molar-refractivity contribution in [2.24, 2.45) is 0 Å². The van der Waals surface area contributed by atoms with Gasteiger partial charge in [-0.1, -0.05) is 53.3 Å². The van der Waals surface area contributed by atoms with Crippen LogP contribution in [0.1, 0.15) is 16.7 Å². The number of benzene rings is 2. The zero-order valence-electron chi connectivity index (χ0n) is 17.1. The normalized spacial score (nSPS) is 10.8. The van der Waals surface area contributed by atoms with Crippen molar-refractivity contribution >= 4 is 44.3 Å². The molecule has 4 rings (SSSR count). The van der Waals surface area contributed by atoms with Crippen molar-refractivity contribution in [3.05, 3.63) is 82.6 Å². The highest BCUT2D eigenvalue weighted by molar-refractivity contribution is 7.23. The van der Waals surface area contributed by atoms with E-state index in [1.807, 2.05) is 43.3 Å². The second-order valence-electron chi connectivity index (χ2n) is 7.02. The molecule has 0 fully saturated rings. The van der Waals surface area contributed by atoms with Crippen molar-refractivity contribution in [1.82, 2.24) is 14.9 Å². The molecule has 0 unspecified atom stereocenters. The molecule has 8 heteroatoms. The van der Waals surface area contributed by atoms with Crippen LogP contribution in [0.4, 0.5) is 9.93 Å². The second kappa shape index (κ2) is 9.32. The predicted molar refractivity (Wildman–Crippen MR) is 125 cm³/mol. The first-order valence-electron chi connectivity index (χ1n) is 9.67. The largest absolute Gasteiger partial charge is 0.494 e. The molecule has 0 aliphatic carbocycles. The van der Waals surface area contributed by atoms with E-state index in [-0.39, 0.29) is 6.03 Å². The van der Waals surface area contributed by atoms with E-state index in [0.717, 1.165) is 21.4 Å². The van der Waals surface area contributed by atoms with Gasteiger partial charge in [0.1, 0.15) is 11.3 Å². The molecular formula is C23H21ClN4O2S. The molecule has 0 saturated carbocycles. The molecule has 6 nitrogen and oxygen atoms in total. The molecule has 0 bridgehead atoms. The first-order valence-corrected chi connectivity index (χ1v) is 10.9. The lowest BCUT2D eigenvalue weighted by Crippen LogP contribution is -2.34. The molecule has 0 aliphatic rings. The van der Waals surface area contributed by atoms with Crippen LogP contribution in [0.5, 0.6) is 5.75 Å². The van der Waals surface area contributed by atoms with Crippen LogP contribution in [0.3, 0.4) is 0 Å². The Balaban J connectivity index is 1.61. The molecule has 0 aliphatic heterocycles. The van der Waals surface area contributed by atoms with Crippen LogP contribution in [0, 0.1) is 6.92 Å². The number of halogens is 1. The molecule has 0 spiro atoms. The number of ether oxygens (including phenoxy) is 1. The van der Waals surface area contributed by atoms with Gasteiger partial charge in [-0.3, -0.25) is 10.3 Å². The minimum Gasteiger partial charge on any atom is -0.494 e. The van der Waals surface area contributed by atoms with Crippen molar-refractivity contribution in [2.45, 2.75) is 20.0 Å². The second-order valence-corrected chi connectivity index (χ2v) is 8.43. The van der Waals surface area contributed by atoms with Crippen molar-refractivity contribution in [1.29, 1.82) is 0 Å². The zero-order chi connectivity index (χ0) is 21.8. The van der Waals surface area contributed by atoms with Crippen LogP contribution in [-0.4, -0.2) is 28.0 Å². The third-order valence-corrected chi connectivity index (χ3v) is 6.33. The van der Waals surface area contributed by atoms with Gasteiger partial charge in [0, 0.05) is 25.5 Å². The van der Waals surface area contributed by atoms with Gasteiger partial charge in [-0.2, -0.15) is 0 Å². The summed E-state index contributed by atoms with van der Waals surface area (Å²) in [6.45, 7) is 2.92. The Bertz CT molecular complexity index is 1210. The molecular weight excluding hydrogens is 432 g/mol. The summed E-state index contributed by atoms with van der Waals surface area (Å²) in [5.74, 6) is 0.614. The van der Waals surface area contributed by atoms with Crippen LogP contribution >= 0.6 is 22.9 Å². The number of fused-ring (bicyclic) bond motifs is 1. The van der Waals surface area contributed by atoms with Gasteiger partial charge >= 0.3 is 6.03 Å². The number of methoxy groups -OCH3 is 1. The third-order valence-electron chi connectivity index (χ3n) is 4.90. The maximum absolute atomic E-state index is 13.2. The number of nitrogens with one attached hydrogen (secondary N) is 1. The molecule has 2 heterocycles. The minimum atomic E-state index is -0.249. The van der Waals surface area contributed by atoms with Crippen molar-refractivity contribution in [2.75, 3.05) is 12.4 Å². The number of anilines is 1. The van der Waals surface area contributed by atoms with Crippen LogP contribution in [-0.2, 0) is 13.1 Å². The number of amides is 2. The Hall–Kier alpha value is -3.16. The van der Waals surface area contributed by atoms with E-state index in [1.54, 1.807) is 36.5 Å². The van der Waals surface area contributed by atoms with E-state index < -0.39 is 0 Å². The average Bonchev–Trinajstić information content (AvgIpc) is 3.20. The first kappa shape index (κ1) is 21.1. The summed E-state index contributed by atoms with van der Waals surface area (Å²) in [5.41, 5.74) is 3.78. The lowest BCUT2D eigenvalue weighted by atomic mass is 10.1. The van der Waals surface area contributed by atoms with Crippen LogP contribution < -0.4 is 10.1 Å². The molecule has 2 aromatic carbocycles. The SMILES string of the molecule is COc1ccc(Cl)c2sc(NC(=O)N(Cc3cccnc3)Cc3ccccc3C)nc12. The summed E-state index contributed by atoms with van der Waals surface area (Å²) in [4.78, 5) is 23.7. The standard InChI is InChI=1S/C23H21ClN4O2S/c1-15-6-3-4-8-17(15)14-28(13-16-7-5-11-25-12-16)23(29)27-22-26-20-19(30-2)10-9-18(24)21(20)31-22/h3-12H,13-14H2,1-2H3,(H,26,27,29). The summed E-state index contributed by atoms with van der Waals surface area (Å²) in [5, 5.41) is 3.97. The van der Waals surface area contributed by atoms with Gasteiger partial charge in [0.25, 0.3) is 0 Å². The number of aryl methyl sites for hydroxylation is 1. The number of aromatic nitrogens is 2. The van der Waals surface area contributed by atoms with Crippen LogP contribution in [0.25, 0.3) is 10.2 Å². The van der Waals surface area contributed by atoms with E-state index in [1.165, 1.54) is 11.3 Å². The van der Waals surface area contributed by atoms with Gasteiger partial charge in [-0.15, -0.1) is 0 Å². The van der Waals surface area contributed by atoms with Crippen molar-refractivity contribution in [3.63, 3.8) is 0 Å². The smallest absolute Gasteiger partial charge is 0.324 e.